The van der Waals surface area contributed by atoms with Gasteiger partial charge in [0.15, 0.2) is 17.5 Å². The Morgan fingerprint density at radius 1 is 1.07 bits per heavy atom. The minimum absolute atomic E-state index is 0.614. The van der Waals surface area contributed by atoms with Crippen molar-refractivity contribution in [3.8, 4) is 6.07 Å². The molecule has 0 bridgehead atoms. The maximum absolute atomic E-state index is 13.1. The van der Waals surface area contributed by atoms with Crippen LogP contribution in [0.5, 0.6) is 0 Å². The van der Waals surface area contributed by atoms with Crippen LogP contribution in [0, 0.1) is 35.7 Å². The third kappa shape index (κ3) is 1.65. The summed E-state index contributed by atoms with van der Waals surface area (Å²) in [4.78, 5) is 0. The molecule has 0 aliphatic heterocycles. The van der Waals surface area contributed by atoms with E-state index in [4.69, 9.17) is 5.26 Å². The fourth-order valence-electron chi connectivity index (χ4n) is 1.11. The zero-order chi connectivity index (χ0) is 11.7. The Hall–Kier alpha value is -1.64. The van der Waals surface area contributed by atoms with Gasteiger partial charge in [-0.2, -0.15) is 5.26 Å². The average molecular weight is 221 g/mol. The van der Waals surface area contributed by atoms with Gasteiger partial charge in [0, 0.05) is 5.56 Å². The lowest BCUT2D eigenvalue weighted by molar-refractivity contribution is 0.139. The first-order valence-corrected chi connectivity index (χ1v) is 3.77. The van der Waals surface area contributed by atoms with Crippen molar-refractivity contribution in [2.24, 2.45) is 0 Å². The van der Waals surface area contributed by atoms with Gasteiger partial charge < -0.3 is 0 Å². The predicted molar refractivity (Wildman–Crippen MR) is 40.7 cm³/mol. The summed E-state index contributed by atoms with van der Waals surface area (Å²) in [5.74, 6) is -5.27. The van der Waals surface area contributed by atoms with E-state index < -0.39 is 40.6 Å². The number of nitriles is 1. The van der Waals surface area contributed by atoms with Crippen LogP contribution in [-0.2, 0) is 0 Å². The molecule has 1 aromatic carbocycles. The highest BCUT2D eigenvalue weighted by Gasteiger charge is 2.27. The van der Waals surface area contributed by atoms with Gasteiger partial charge >= 0.3 is 0 Å². The molecule has 1 aromatic rings. The van der Waals surface area contributed by atoms with E-state index in [1.165, 1.54) is 6.07 Å². The summed E-state index contributed by atoms with van der Waals surface area (Å²) >= 11 is 0. The van der Waals surface area contributed by atoms with Gasteiger partial charge in [0.2, 0.25) is 0 Å². The molecule has 15 heavy (non-hydrogen) atoms. The molecule has 1 nitrogen and oxygen atoms in total. The first-order chi connectivity index (χ1) is 6.91. The Bertz CT molecular complexity index is 447. The third-order valence-corrected chi connectivity index (χ3v) is 1.92. The molecule has 80 valence electrons. The zero-order valence-electron chi connectivity index (χ0n) is 7.41. The van der Waals surface area contributed by atoms with Crippen molar-refractivity contribution in [1.82, 2.24) is 0 Å². The molecule has 0 atom stereocenters. The Morgan fingerprint density at radius 3 is 2.00 bits per heavy atom. The average Bonchev–Trinajstić information content (AvgIpc) is 2.15. The van der Waals surface area contributed by atoms with Crippen LogP contribution >= 0.6 is 0 Å². The van der Waals surface area contributed by atoms with Crippen LogP contribution in [0.25, 0.3) is 0 Å². The Labute approximate surface area is 81.7 Å². The van der Waals surface area contributed by atoms with E-state index in [0.717, 1.165) is 6.92 Å². The SMILES string of the molecule is Cc1c(F)c(F)c(C(F)F)c(F)c1C#N. The topological polar surface area (TPSA) is 23.8 Å². The molecule has 0 aliphatic carbocycles. The predicted octanol–water partition coefficient (Wildman–Crippen LogP) is 3.22. The van der Waals surface area contributed by atoms with Crippen LogP contribution in [0.15, 0.2) is 0 Å². The standard InChI is InChI=1S/C9H4F5N/c1-3-4(2-15)7(11)5(9(13)14)8(12)6(3)10/h9H,1H3. The first kappa shape index (κ1) is 11.4. The minimum atomic E-state index is -3.51. The fourth-order valence-corrected chi connectivity index (χ4v) is 1.11. The summed E-state index contributed by atoms with van der Waals surface area (Å²) in [6.07, 6.45) is -3.51. The number of rotatable bonds is 1. The number of halogens is 5. The summed E-state index contributed by atoms with van der Waals surface area (Å²) in [6.45, 7) is 0.940. The van der Waals surface area contributed by atoms with Crippen LogP contribution in [0.1, 0.15) is 23.1 Å². The van der Waals surface area contributed by atoms with Crippen molar-refractivity contribution in [2.45, 2.75) is 13.3 Å². The normalized spacial score (nSPS) is 10.5. The summed E-state index contributed by atoms with van der Waals surface area (Å²) < 4.78 is 63.3. The van der Waals surface area contributed by atoms with Crippen LogP contribution in [-0.4, -0.2) is 0 Å². The van der Waals surface area contributed by atoms with Crippen LogP contribution in [0.2, 0.25) is 0 Å². The zero-order valence-corrected chi connectivity index (χ0v) is 7.41. The monoisotopic (exact) mass is 221 g/mol. The molecule has 0 saturated carbocycles. The number of benzene rings is 1. The van der Waals surface area contributed by atoms with E-state index in [1.54, 1.807) is 0 Å². The molecule has 0 amide bonds. The van der Waals surface area contributed by atoms with Crippen molar-refractivity contribution in [2.75, 3.05) is 0 Å². The van der Waals surface area contributed by atoms with Crippen molar-refractivity contribution >= 4 is 0 Å². The summed E-state index contributed by atoms with van der Waals surface area (Å²) in [7, 11) is 0. The lowest BCUT2D eigenvalue weighted by Crippen LogP contribution is -2.06. The van der Waals surface area contributed by atoms with Gasteiger partial charge in [0.25, 0.3) is 6.43 Å². The third-order valence-electron chi connectivity index (χ3n) is 1.92. The van der Waals surface area contributed by atoms with Gasteiger partial charge in [-0.1, -0.05) is 0 Å². The molecule has 0 unspecified atom stereocenters. The summed E-state index contributed by atoms with van der Waals surface area (Å²) in [5.41, 5.74) is -3.21. The summed E-state index contributed by atoms with van der Waals surface area (Å²) in [5, 5.41) is 8.40. The largest absolute Gasteiger partial charge is 0.269 e. The second-order valence-electron chi connectivity index (χ2n) is 2.77. The number of hydrogen-bond donors (Lipinski definition) is 0. The van der Waals surface area contributed by atoms with Gasteiger partial charge in [0.1, 0.15) is 6.07 Å². The molecule has 6 heteroatoms. The van der Waals surface area contributed by atoms with Gasteiger partial charge in [0.05, 0.1) is 11.1 Å². The second-order valence-corrected chi connectivity index (χ2v) is 2.77. The highest BCUT2D eigenvalue weighted by atomic mass is 19.3. The van der Waals surface area contributed by atoms with E-state index in [-0.39, 0.29) is 0 Å². The fraction of sp³-hybridized carbons (Fsp3) is 0.222. The number of hydrogen-bond acceptors (Lipinski definition) is 1. The van der Waals surface area contributed by atoms with Gasteiger partial charge in [-0.05, 0) is 6.92 Å². The van der Waals surface area contributed by atoms with E-state index in [0.29, 0.717) is 0 Å². The first-order valence-electron chi connectivity index (χ1n) is 3.77. The van der Waals surface area contributed by atoms with Crippen LogP contribution < -0.4 is 0 Å². The van der Waals surface area contributed by atoms with Crippen molar-refractivity contribution in [3.63, 3.8) is 0 Å². The maximum atomic E-state index is 13.1. The van der Waals surface area contributed by atoms with Gasteiger partial charge in [-0.3, -0.25) is 0 Å². The molecule has 0 saturated heterocycles. The molecular formula is C9H4F5N. The number of alkyl halides is 2. The van der Waals surface area contributed by atoms with Crippen LogP contribution in [0.4, 0.5) is 22.0 Å². The lowest BCUT2D eigenvalue weighted by Gasteiger charge is -2.08. The minimum Gasteiger partial charge on any atom is -0.205 e. The Balaban J connectivity index is 3.70. The maximum Gasteiger partial charge on any atom is 0.269 e. The quantitative estimate of drug-likeness (QED) is 0.527. The Kier molecular flexibility index (Phi) is 2.93. The Morgan fingerprint density at radius 2 is 1.60 bits per heavy atom. The van der Waals surface area contributed by atoms with E-state index in [9.17, 15) is 22.0 Å². The van der Waals surface area contributed by atoms with Crippen LogP contribution in [0.3, 0.4) is 0 Å². The second kappa shape index (κ2) is 3.85. The molecule has 0 aromatic heterocycles. The smallest absolute Gasteiger partial charge is 0.205 e. The van der Waals surface area contributed by atoms with Crippen molar-refractivity contribution in [1.29, 1.82) is 5.26 Å². The van der Waals surface area contributed by atoms with E-state index in [1.807, 2.05) is 0 Å². The molecule has 1 rings (SSSR count). The molecular weight excluding hydrogens is 217 g/mol. The molecule has 0 heterocycles. The number of nitrogens with zero attached hydrogens (tertiary/aromatic N) is 1. The van der Waals surface area contributed by atoms with Gasteiger partial charge in [-0.15, -0.1) is 0 Å². The molecule has 0 spiro atoms. The van der Waals surface area contributed by atoms with E-state index in [2.05, 4.69) is 0 Å². The van der Waals surface area contributed by atoms with Crippen molar-refractivity contribution in [3.05, 3.63) is 34.1 Å². The molecule has 0 N–H and O–H groups in total. The summed E-state index contributed by atoms with van der Waals surface area (Å²) in [6, 6.07) is 1.21. The molecule has 0 radical (unpaired) electrons. The lowest BCUT2D eigenvalue weighted by atomic mass is 10.0. The van der Waals surface area contributed by atoms with E-state index >= 15 is 0 Å². The highest BCUT2D eigenvalue weighted by Crippen LogP contribution is 2.31. The highest BCUT2D eigenvalue weighted by molar-refractivity contribution is 5.43. The molecule has 0 aliphatic rings. The van der Waals surface area contributed by atoms with Crippen molar-refractivity contribution < 1.29 is 22.0 Å². The molecule has 0 fully saturated rings. The van der Waals surface area contributed by atoms with Gasteiger partial charge in [-0.25, -0.2) is 22.0 Å².